The largest absolute Gasteiger partial charge is 0.451 e. The van der Waals surface area contributed by atoms with Crippen molar-refractivity contribution in [2.45, 2.75) is 18.4 Å². The van der Waals surface area contributed by atoms with Crippen LogP contribution in [0.2, 0.25) is 0 Å². The molecule has 1 fully saturated rings. The first-order valence-electron chi connectivity index (χ1n) is 3.88. The van der Waals surface area contributed by atoms with Crippen molar-refractivity contribution in [2.75, 3.05) is 0 Å². The molecule has 0 aromatic carbocycles. The Labute approximate surface area is 74.4 Å². The molecule has 0 unspecified atom stereocenters. The van der Waals surface area contributed by atoms with E-state index in [9.17, 15) is 4.79 Å². The first-order valence-corrected chi connectivity index (χ1v) is 3.88. The summed E-state index contributed by atoms with van der Waals surface area (Å²) in [5.41, 5.74) is -0.433. The standard InChI is InChI=1S/C8H7N3O2/c9-4-8(1-2-8)11-7(12)6-3-13-5-10-6/h3,5H,1-2H2,(H,11,12). The number of hydrogen-bond acceptors (Lipinski definition) is 4. The maximum absolute atomic E-state index is 11.3. The smallest absolute Gasteiger partial charge is 0.274 e. The molecule has 5 nitrogen and oxygen atoms in total. The predicted octanol–water partition coefficient (Wildman–Crippen LogP) is 0.461. The third-order valence-corrected chi connectivity index (χ3v) is 1.98. The van der Waals surface area contributed by atoms with E-state index in [-0.39, 0.29) is 11.6 Å². The van der Waals surface area contributed by atoms with E-state index in [2.05, 4.69) is 20.8 Å². The van der Waals surface area contributed by atoms with Crippen molar-refractivity contribution in [3.05, 3.63) is 18.4 Å². The number of nitrogens with one attached hydrogen (secondary N) is 1. The Balaban J connectivity index is 2.05. The lowest BCUT2D eigenvalue weighted by Crippen LogP contribution is -2.35. The van der Waals surface area contributed by atoms with E-state index in [0.717, 1.165) is 0 Å². The van der Waals surface area contributed by atoms with E-state index in [0.29, 0.717) is 12.8 Å². The normalized spacial score (nSPS) is 17.5. The molecule has 1 aromatic rings. The first kappa shape index (κ1) is 7.80. The molecule has 1 saturated carbocycles. The lowest BCUT2D eigenvalue weighted by molar-refractivity contribution is 0.0936. The van der Waals surface area contributed by atoms with Gasteiger partial charge in [-0.3, -0.25) is 4.79 Å². The summed E-state index contributed by atoms with van der Waals surface area (Å²) in [6.07, 6.45) is 3.86. The van der Waals surface area contributed by atoms with E-state index in [4.69, 9.17) is 5.26 Å². The summed E-state index contributed by atoms with van der Waals surface area (Å²) in [7, 11) is 0. The van der Waals surface area contributed by atoms with Crippen molar-refractivity contribution < 1.29 is 9.21 Å². The molecule has 1 aliphatic carbocycles. The van der Waals surface area contributed by atoms with Crippen LogP contribution in [0.25, 0.3) is 0 Å². The maximum Gasteiger partial charge on any atom is 0.274 e. The summed E-state index contributed by atoms with van der Waals surface area (Å²) in [6, 6.07) is 2.05. The molecule has 13 heavy (non-hydrogen) atoms. The van der Waals surface area contributed by atoms with Gasteiger partial charge in [0.2, 0.25) is 0 Å². The molecular weight excluding hydrogens is 170 g/mol. The van der Waals surface area contributed by atoms with Gasteiger partial charge in [0.1, 0.15) is 11.8 Å². The Morgan fingerprint density at radius 3 is 3.00 bits per heavy atom. The van der Waals surface area contributed by atoms with Gasteiger partial charge < -0.3 is 9.73 Å². The van der Waals surface area contributed by atoms with Crippen LogP contribution < -0.4 is 5.32 Å². The molecule has 0 spiro atoms. The summed E-state index contributed by atoms with van der Waals surface area (Å²) in [5, 5.41) is 11.3. The van der Waals surface area contributed by atoms with Crippen molar-refractivity contribution in [1.29, 1.82) is 5.26 Å². The van der Waals surface area contributed by atoms with E-state index >= 15 is 0 Å². The Morgan fingerprint density at radius 2 is 2.54 bits per heavy atom. The summed E-state index contributed by atoms with van der Waals surface area (Å²) in [5.74, 6) is -0.354. The quantitative estimate of drug-likeness (QED) is 0.711. The molecule has 5 heteroatoms. The Morgan fingerprint density at radius 1 is 1.77 bits per heavy atom. The van der Waals surface area contributed by atoms with Crippen LogP contribution >= 0.6 is 0 Å². The number of rotatable bonds is 2. The van der Waals surface area contributed by atoms with Crippen LogP contribution in [0, 0.1) is 11.3 Å². The highest BCUT2D eigenvalue weighted by molar-refractivity contribution is 5.92. The molecule has 2 rings (SSSR count). The highest BCUT2D eigenvalue weighted by Gasteiger charge is 2.45. The predicted molar refractivity (Wildman–Crippen MR) is 41.5 cm³/mol. The fraction of sp³-hybridized carbons (Fsp3) is 0.375. The number of aromatic nitrogens is 1. The second kappa shape index (κ2) is 2.59. The fourth-order valence-corrected chi connectivity index (χ4v) is 0.996. The molecule has 1 aromatic heterocycles. The summed E-state index contributed by atoms with van der Waals surface area (Å²) in [6.45, 7) is 0. The lowest BCUT2D eigenvalue weighted by atomic mass is 10.3. The number of oxazole rings is 1. The molecule has 0 radical (unpaired) electrons. The second-order valence-corrected chi connectivity index (χ2v) is 3.02. The zero-order valence-electron chi connectivity index (χ0n) is 6.78. The van der Waals surface area contributed by atoms with Gasteiger partial charge >= 0.3 is 0 Å². The molecule has 1 amide bonds. The molecule has 0 saturated heterocycles. The number of carbonyl (C=O) groups excluding carboxylic acids is 1. The summed E-state index contributed by atoms with van der Waals surface area (Å²) >= 11 is 0. The third-order valence-electron chi connectivity index (χ3n) is 1.98. The average Bonchev–Trinajstić information content (AvgIpc) is 2.69. The molecule has 66 valence electrons. The molecule has 0 bridgehead atoms. The van der Waals surface area contributed by atoms with Crippen LogP contribution in [0.4, 0.5) is 0 Å². The zero-order chi connectivity index (χ0) is 9.31. The maximum atomic E-state index is 11.3. The Bertz CT molecular complexity index is 359. The van der Waals surface area contributed by atoms with Gasteiger partial charge in [0, 0.05) is 0 Å². The minimum atomic E-state index is -0.643. The minimum absolute atomic E-state index is 0.210. The molecule has 1 aliphatic rings. The summed E-state index contributed by atoms with van der Waals surface area (Å²) < 4.78 is 4.65. The van der Waals surface area contributed by atoms with Gasteiger partial charge in [-0.2, -0.15) is 5.26 Å². The van der Waals surface area contributed by atoms with Crippen LogP contribution in [0.5, 0.6) is 0 Å². The number of carbonyl (C=O) groups is 1. The van der Waals surface area contributed by atoms with Crippen LogP contribution in [-0.4, -0.2) is 16.4 Å². The lowest BCUT2D eigenvalue weighted by Gasteiger charge is -2.05. The van der Waals surface area contributed by atoms with Gasteiger partial charge in [-0.1, -0.05) is 0 Å². The van der Waals surface area contributed by atoms with E-state index in [1.54, 1.807) is 0 Å². The number of nitriles is 1. The first-order chi connectivity index (χ1) is 6.26. The zero-order valence-corrected chi connectivity index (χ0v) is 6.78. The molecule has 1 N–H and O–H groups in total. The van der Waals surface area contributed by atoms with Gasteiger partial charge in [0.25, 0.3) is 5.91 Å². The van der Waals surface area contributed by atoms with Crippen LogP contribution in [-0.2, 0) is 0 Å². The van der Waals surface area contributed by atoms with Gasteiger partial charge in [0.05, 0.1) is 6.07 Å². The fourth-order valence-electron chi connectivity index (χ4n) is 0.996. The minimum Gasteiger partial charge on any atom is -0.451 e. The highest BCUT2D eigenvalue weighted by atomic mass is 16.3. The van der Waals surface area contributed by atoms with Crippen molar-refractivity contribution in [3.63, 3.8) is 0 Å². The second-order valence-electron chi connectivity index (χ2n) is 3.02. The average molecular weight is 177 g/mol. The Hall–Kier alpha value is -1.83. The van der Waals surface area contributed by atoms with Crippen LogP contribution in [0.3, 0.4) is 0 Å². The molecule has 0 aliphatic heterocycles. The SMILES string of the molecule is N#CC1(NC(=O)c2cocn2)CC1. The monoisotopic (exact) mass is 177 g/mol. The number of nitrogens with zero attached hydrogens (tertiary/aromatic N) is 2. The van der Waals surface area contributed by atoms with Gasteiger partial charge in [0.15, 0.2) is 12.1 Å². The van der Waals surface area contributed by atoms with Crippen molar-refractivity contribution in [3.8, 4) is 6.07 Å². The highest BCUT2D eigenvalue weighted by Crippen LogP contribution is 2.34. The van der Waals surface area contributed by atoms with Gasteiger partial charge in [-0.05, 0) is 12.8 Å². The molecular formula is C8H7N3O2. The van der Waals surface area contributed by atoms with Gasteiger partial charge in [-0.15, -0.1) is 0 Å². The Kier molecular flexibility index (Phi) is 1.55. The van der Waals surface area contributed by atoms with Gasteiger partial charge in [-0.25, -0.2) is 4.98 Å². The van der Waals surface area contributed by atoms with E-state index in [1.165, 1.54) is 12.7 Å². The van der Waals surface area contributed by atoms with E-state index in [1.807, 2.05) is 0 Å². The number of hydrogen-bond donors (Lipinski definition) is 1. The number of amides is 1. The molecule has 1 heterocycles. The van der Waals surface area contributed by atoms with Crippen molar-refractivity contribution in [1.82, 2.24) is 10.3 Å². The van der Waals surface area contributed by atoms with Crippen molar-refractivity contribution in [2.24, 2.45) is 0 Å². The molecule has 0 atom stereocenters. The summed E-state index contributed by atoms with van der Waals surface area (Å²) in [4.78, 5) is 15.0. The van der Waals surface area contributed by atoms with E-state index < -0.39 is 5.54 Å². The van der Waals surface area contributed by atoms with Crippen LogP contribution in [0.1, 0.15) is 23.3 Å². The topological polar surface area (TPSA) is 78.9 Å². The van der Waals surface area contributed by atoms with Crippen LogP contribution in [0.15, 0.2) is 17.1 Å². The van der Waals surface area contributed by atoms with Crippen molar-refractivity contribution >= 4 is 5.91 Å². The third kappa shape index (κ3) is 1.38.